The van der Waals surface area contributed by atoms with Crippen LogP contribution in [0.3, 0.4) is 0 Å². The standard InChI is InChI=1S/C24H25NO5/c1-2-29-23(27)18-9-6-12-25(15-18)22(26)17-10-11-20-19(13-17)14-21(30-24(20)28)16-7-4-3-5-8-16/h3-5,7-8,10-11,13,18,21H,2,6,9,12,14-15H2,1H3/t18-,21+/m1/s1. The van der Waals surface area contributed by atoms with Crippen molar-refractivity contribution in [3.05, 3.63) is 70.8 Å². The summed E-state index contributed by atoms with van der Waals surface area (Å²) in [6, 6.07) is 14.7. The van der Waals surface area contributed by atoms with Crippen LogP contribution in [0.25, 0.3) is 0 Å². The number of benzene rings is 2. The zero-order valence-corrected chi connectivity index (χ0v) is 17.0. The van der Waals surface area contributed by atoms with Crippen LogP contribution in [0.15, 0.2) is 48.5 Å². The van der Waals surface area contributed by atoms with Gasteiger partial charge in [0.15, 0.2) is 0 Å². The Hall–Kier alpha value is -3.15. The summed E-state index contributed by atoms with van der Waals surface area (Å²) in [4.78, 5) is 39.4. The number of hydrogen-bond donors (Lipinski definition) is 0. The second kappa shape index (κ2) is 8.69. The first-order chi connectivity index (χ1) is 14.6. The Balaban J connectivity index is 1.53. The van der Waals surface area contributed by atoms with Crippen molar-refractivity contribution in [1.29, 1.82) is 0 Å². The Morgan fingerprint density at radius 3 is 2.73 bits per heavy atom. The molecule has 2 aromatic rings. The highest BCUT2D eigenvalue weighted by Crippen LogP contribution is 2.31. The number of piperidine rings is 1. The quantitative estimate of drug-likeness (QED) is 0.725. The number of carbonyl (C=O) groups is 3. The summed E-state index contributed by atoms with van der Waals surface area (Å²) in [5.74, 6) is -1.02. The molecule has 30 heavy (non-hydrogen) atoms. The van der Waals surface area contributed by atoms with Crippen molar-refractivity contribution < 1.29 is 23.9 Å². The lowest BCUT2D eigenvalue weighted by Gasteiger charge is -2.32. The van der Waals surface area contributed by atoms with Crippen molar-refractivity contribution in [2.45, 2.75) is 32.3 Å². The van der Waals surface area contributed by atoms with Gasteiger partial charge in [0.05, 0.1) is 18.1 Å². The van der Waals surface area contributed by atoms with Gasteiger partial charge >= 0.3 is 11.9 Å². The molecule has 0 aliphatic carbocycles. The molecule has 1 fully saturated rings. The minimum atomic E-state index is -0.371. The molecule has 0 saturated carbocycles. The topological polar surface area (TPSA) is 72.9 Å². The SMILES string of the molecule is CCOC(=O)[C@@H]1CCCN(C(=O)c2ccc3c(c2)C[C@@H](c2ccccc2)OC3=O)C1. The number of nitrogens with zero attached hydrogens (tertiary/aromatic N) is 1. The van der Waals surface area contributed by atoms with Crippen molar-refractivity contribution >= 4 is 17.8 Å². The third-order valence-electron chi connectivity index (χ3n) is 5.73. The molecule has 6 nitrogen and oxygen atoms in total. The first-order valence-electron chi connectivity index (χ1n) is 10.4. The van der Waals surface area contributed by atoms with Crippen LogP contribution in [0.1, 0.15) is 57.7 Å². The van der Waals surface area contributed by atoms with Crippen LogP contribution in [0, 0.1) is 5.92 Å². The monoisotopic (exact) mass is 407 g/mol. The maximum Gasteiger partial charge on any atom is 0.339 e. The van der Waals surface area contributed by atoms with Crippen molar-refractivity contribution in [1.82, 2.24) is 4.90 Å². The molecule has 0 N–H and O–H groups in total. The Morgan fingerprint density at radius 1 is 1.17 bits per heavy atom. The minimum Gasteiger partial charge on any atom is -0.466 e. The smallest absolute Gasteiger partial charge is 0.339 e. The molecular formula is C24H25NO5. The van der Waals surface area contributed by atoms with E-state index in [1.54, 1.807) is 30.0 Å². The van der Waals surface area contributed by atoms with E-state index in [9.17, 15) is 14.4 Å². The first kappa shape index (κ1) is 20.1. The summed E-state index contributed by atoms with van der Waals surface area (Å²) in [5, 5.41) is 0. The van der Waals surface area contributed by atoms with Crippen LogP contribution in [0.5, 0.6) is 0 Å². The van der Waals surface area contributed by atoms with E-state index in [4.69, 9.17) is 9.47 Å². The summed E-state index contributed by atoms with van der Waals surface area (Å²) in [5.41, 5.74) is 2.77. The Kier molecular flexibility index (Phi) is 5.84. The van der Waals surface area contributed by atoms with E-state index < -0.39 is 0 Å². The summed E-state index contributed by atoms with van der Waals surface area (Å²) in [6.45, 7) is 3.10. The van der Waals surface area contributed by atoms with Gasteiger partial charge in [0.1, 0.15) is 6.10 Å². The molecular weight excluding hydrogens is 382 g/mol. The zero-order chi connectivity index (χ0) is 21.1. The van der Waals surface area contributed by atoms with E-state index in [0.717, 1.165) is 24.0 Å². The largest absolute Gasteiger partial charge is 0.466 e. The predicted molar refractivity (Wildman–Crippen MR) is 110 cm³/mol. The molecule has 2 heterocycles. The van der Waals surface area contributed by atoms with Gasteiger partial charge in [-0.3, -0.25) is 9.59 Å². The molecule has 6 heteroatoms. The van der Waals surface area contributed by atoms with Crippen LogP contribution in [0.4, 0.5) is 0 Å². The molecule has 1 saturated heterocycles. The van der Waals surface area contributed by atoms with Crippen LogP contribution < -0.4 is 0 Å². The van der Waals surface area contributed by atoms with Gasteiger partial charge in [-0.1, -0.05) is 30.3 Å². The fourth-order valence-corrected chi connectivity index (χ4v) is 4.18. The number of likely N-dealkylation sites (tertiary alicyclic amines) is 1. The van der Waals surface area contributed by atoms with Crippen molar-refractivity contribution in [2.75, 3.05) is 19.7 Å². The van der Waals surface area contributed by atoms with Gasteiger partial charge in [0, 0.05) is 25.1 Å². The third-order valence-corrected chi connectivity index (χ3v) is 5.73. The Bertz CT molecular complexity index is 955. The van der Waals surface area contributed by atoms with E-state index >= 15 is 0 Å². The van der Waals surface area contributed by atoms with Crippen LogP contribution in [0.2, 0.25) is 0 Å². The van der Waals surface area contributed by atoms with Crippen LogP contribution in [-0.2, 0) is 20.7 Å². The van der Waals surface area contributed by atoms with Crippen molar-refractivity contribution in [2.24, 2.45) is 5.92 Å². The first-order valence-corrected chi connectivity index (χ1v) is 10.4. The highest BCUT2D eigenvalue weighted by Gasteiger charge is 2.32. The average molecular weight is 407 g/mol. The molecule has 0 unspecified atom stereocenters. The summed E-state index contributed by atoms with van der Waals surface area (Å²) in [7, 11) is 0. The number of carbonyl (C=O) groups excluding carboxylic acids is 3. The van der Waals surface area contributed by atoms with Crippen LogP contribution >= 0.6 is 0 Å². The normalized spacial score (nSPS) is 20.8. The highest BCUT2D eigenvalue weighted by molar-refractivity contribution is 5.98. The van der Waals surface area contributed by atoms with Gasteiger partial charge in [0.25, 0.3) is 5.91 Å². The molecule has 2 aromatic carbocycles. The maximum atomic E-state index is 13.1. The van der Waals surface area contributed by atoms with Gasteiger partial charge in [-0.15, -0.1) is 0 Å². The lowest BCUT2D eigenvalue weighted by Crippen LogP contribution is -2.42. The number of rotatable bonds is 4. The molecule has 0 bridgehead atoms. The molecule has 4 rings (SSSR count). The minimum absolute atomic E-state index is 0.123. The fourth-order valence-electron chi connectivity index (χ4n) is 4.18. The molecule has 0 spiro atoms. The lowest BCUT2D eigenvalue weighted by molar-refractivity contribution is -0.149. The number of fused-ring (bicyclic) bond motifs is 1. The third kappa shape index (κ3) is 4.08. The van der Waals surface area contributed by atoms with E-state index in [1.807, 2.05) is 30.3 Å². The van der Waals surface area contributed by atoms with Gasteiger partial charge in [-0.25, -0.2) is 4.79 Å². The molecule has 2 aliphatic rings. The number of amides is 1. The molecule has 0 aromatic heterocycles. The number of esters is 2. The predicted octanol–water partition coefficient (Wildman–Crippen LogP) is 3.56. The van der Waals surface area contributed by atoms with Gasteiger partial charge < -0.3 is 14.4 Å². The van der Waals surface area contributed by atoms with E-state index in [1.165, 1.54) is 0 Å². The van der Waals surface area contributed by atoms with E-state index in [0.29, 0.717) is 37.2 Å². The number of hydrogen-bond acceptors (Lipinski definition) is 5. The molecule has 156 valence electrons. The second-order valence-corrected chi connectivity index (χ2v) is 7.72. The molecule has 1 amide bonds. The molecule has 0 radical (unpaired) electrons. The summed E-state index contributed by atoms with van der Waals surface area (Å²) >= 11 is 0. The van der Waals surface area contributed by atoms with Crippen LogP contribution in [-0.4, -0.2) is 42.4 Å². The summed E-state index contributed by atoms with van der Waals surface area (Å²) < 4.78 is 10.7. The number of ether oxygens (including phenoxy) is 2. The van der Waals surface area contributed by atoms with E-state index in [-0.39, 0.29) is 29.9 Å². The molecule has 2 aliphatic heterocycles. The van der Waals surface area contributed by atoms with E-state index in [2.05, 4.69) is 0 Å². The average Bonchev–Trinajstić information content (AvgIpc) is 2.79. The maximum absolute atomic E-state index is 13.1. The number of cyclic esters (lactones) is 1. The van der Waals surface area contributed by atoms with Crippen molar-refractivity contribution in [3.8, 4) is 0 Å². The Morgan fingerprint density at radius 2 is 1.97 bits per heavy atom. The van der Waals surface area contributed by atoms with Gasteiger partial charge in [0.2, 0.25) is 0 Å². The highest BCUT2D eigenvalue weighted by atomic mass is 16.5. The lowest BCUT2D eigenvalue weighted by atomic mass is 9.92. The fraction of sp³-hybridized carbons (Fsp3) is 0.375. The molecule has 2 atom stereocenters. The second-order valence-electron chi connectivity index (χ2n) is 7.72. The van der Waals surface area contributed by atoms with Gasteiger partial charge in [-0.2, -0.15) is 0 Å². The summed E-state index contributed by atoms with van der Waals surface area (Å²) in [6.07, 6.45) is 1.66. The Labute approximate surface area is 175 Å². The van der Waals surface area contributed by atoms with Gasteiger partial charge in [-0.05, 0) is 49.1 Å². The zero-order valence-electron chi connectivity index (χ0n) is 17.0. The van der Waals surface area contributed by atoms with Crippen molar-refractivity contribution in [3.63, 3.8) is 0 Å².